The smallest absolute Gasteiger partial charge is 0.344 e. The Labute approximate surface area is 132 Å². The van der Waals surface area contributed by atoms with Crippen molar-refractivity contribution in [3.63, 3.8) is 0 Å². The van der Waals surface area contributed by atoms with Crippen molar-refractivity contribution >= 4 is 40.8 Å². The number of rotatable bonds is 6. The van der Waals surface area contributed by atoms with Gasteiger partial charge in [0.2, 0.25) is 5.88 Å². The summed E-state index contributed by atoms with van der Waals surface area (Å²) in [6, 6.07) is 1.40. The van der Waals surface area contributed by atoms with Crippen molar-refractivity contribution in [3.05, 3.63) is 21.3 Å². The second kappa shape index (κ2) is 7.31. The molecule has 8 heteroatoms. The summed E-state index contributed by atoms with van der Waals surface area (Å²) in [7, 11) is 6.01. The molecule has 5 nitrogen and oxygen atoms in total. The highest BCUT2D eigenvalue weighted by molar-refractivity contribution is 6.42. The van der Waals surface area contributed by atoms with Crippen LogP contribution >= 0.6 is 34.8 Å². The molecule has 0 saturated carbocycles. The number of likely N-dealkylation sites (N-methyl/N-ethyl adjacent to an activating group) is 1. The normalized spacial score (nSPS) is 11.3. The first-order chi connectivity index (χ1) is 9.19. The fourth-order valence-electron chi connectivity index (χ4n) is 1.13. The molecule has 0 fully saturated rings. The predicted molar refractivity (Wildman–Crippen MR) is 78.6 cm³/mol. The summed E-state index contributed by atoms with van der Waals surface area (Å²) >= 11 is 17.3. The summed E-state index contributed by atoms with van der Waals surface area (Å²) in [6.07, 6.45) is 0. The molecule has 0 aliphatic rings. The molecule has 0 saturated heterocycles. The number of esters is 1. The minimum absolute atomic E-state index is 0.0459. The number of carbonyl (C=O) groups excluding carboxylic acids is 1. The molecule has 0 radical (unpaired) electrons. The van der Waals surface area contributed by atoms with Crippen molar-refractivity contribution in [2.45, 2.75) is 0 Å². The van der Waals surface area contributed by atoms with Gasteiger partial charge in [0, 0.05) is 0 Å². The van der Waals surface area contributed by atoms with Crippen LogP contribution in [0.25, 0.3) is 0 Å². The molecule has 0 aliphatic heterocycles. The number of pyridine rings is 1. The van der Waals surface area contributed by atoms with E-state index >= 15 is 0 Å². The van der Waals surface area contributed by atoms with Crippen molar-refractivity contribution in [3.8, 4) is 5.88 Å². The number of ether oxygens (including phenoxy) is 2. The first kappa shape index (κ1) is 17.3. The van der Waals surface area contributed by atoms with Crippen LogP contribution in [-0.2, 0) is 9.53 Å². The second-order valence-electron chi connectivity index (χ2n) is 5.07. The summed E-state index contributed by atoms with van der Waals surface area (Å²) in [4.78, 5) is 15.3. The van der Waals surface area contributed by atoms with Crippen LogP contribution < -0.4 is 4.74 Å². The van der Waals surface area contributed by atoms with E-state index in [-0.39, 0.29) is 27.7 Å². The van der Waals surface area contributed by atoms with Crippen LogP contribution in [0, 0.1) is 0 Å². The standard InChI is InChI=1S/C12H16Cl3N2O3/c1-17(2,3)4-5-19-10(18)7-20-12-9(14)6-8(13)11(15)16-12/h6H,4-5,7H2,1-3H3/q+1. The summed E-state index contributed by atoms with van der Waals surface area (Å²) in [6.45, 7) is 0.730. The Kier molecular flexibility index (Phi) is 6.33. The Bertz CT molecular complexity index is 490. The lowest BCUT2D eigenvalue weighted by Crippen LogP contribution is -2.38. The summed E-state index contributed by atoms with van der Waals surface area (Å²) in [5.41, 5.74) is 0. The number of quaternary nitrogens is 1. The first-order valence-electron chi connectivity index (χ1n) is 5.79. The Morgan fingerprint density at radius 1 is 1.25 bits per heavy atom. The van der Waals surface area contributed by atoms with Gasteiger partial charge in [0.1, 0.15) is 18.2 Å². The maximum Gasteiger partial charge on any atom is 0.344 e. The van der Waals surface area contributed by atoms with E-state index in [0.717, 1.165) is 0 Å². The third kappa shape index (κ3) is 6.13. The molecule has 0 amide bonds. The van der Waals surface area contributed by atoms with Gasteiger partial charge in [-0.2, -0.15) is 4.98 Å². The molecule has 0 bridgehead atoms. The van der Waals surface area contributed by atoms with Gasteiger partial charge in [-0.05, 0) is 6.07 Å². The van der Waals surface area contributed by atoms with Gasteiger partial charge in [0.15, 0.2) is 11.8 Å². The molecule has 0 atom stereocenters. The Balaban J connectivity index is 2.43. The zero-order valence-corrected chi connectivity index (χ0v) is 13.7. The van der Waals surface area contributed by atoms with Crippen LogP contribution in [0.5, 0.6) is 5.88 Å². The number of hydrogen-bond acceptors (Lipinski definition) is 4. The molecule has 0 aliphatic carbocycles. The van der Waals surface area contributed by atoms with Crippen molar-refractivity contribution < 1.29 is 18.8 Å². The molecule has 1 aromatic heterocycles. The fraction of sp³-hybridized carbons (Fsp3) is 0.500. The minimum Gasteiger partial charge on any atom is -0.465 e. The lowest BCUT2D eigenvalue weighted by molar-refractivity contribution is -0.870. The van der Waals surface area contributed by atoms with E-state index in [4.69, 9.17) is 44.3 Å². The quantitative estimate of drug-likeness (QED) is 0.453. The van der Waals surface area contributed by atoms with E-state index in [1.165, 1.54) is 6.07 Å². The maximum atomic E-state index is 11.5. The van der Waals surface area contributed by atoms with Crippen molar-refractivity contribution in [1.29, 1.82) is 0 Å². The lowest BCUT2D eigenvalue weighted by Gasteiger charge is -2.23. The zero-order chi connectivity index (χ0) is 15.3. The van der Waals surface area contributed by atoms with E-state index in [0.29, 0.717) is 17.6 Å². The van der Waals surface area contributed by atoms with Crippen LogP contribution in [0.1, 0.15) is 0 Å². The Morgan fingerprint density at radius 2 is 1.90 bits per heavy atom. The molecule has 20 heavy (non-hydrogen) atoms. The number of carbonyl (C=O) groups is 1. The molecule has 1 rings (SSSR count). The van der Waals surface area contributed by atoms with Crippen molar-refractivity contribution in [1.82, 2.24) is 4.98 Å². The SMILES string of the molecule is C[N+](C)(C)CCOC(=O)COc1nc(Cl)c(Cl)cc1Cl. The van der Waals surface area contributed by atoms with Crippen LogP contribution in [-0.4, -0.2) is 56.3 Å². The molecule has 0 aromatic carbocycles. The van der Waals surface area contributed by atoms with E-state index in [1.807, 2.05) is 21.1 Å². The highest BCUT2D eigenvalue weighted by Gasteiger charge is 2.13. The molecule has 0 N–H and O–H groups in total. The average Bonchev–Trinajstić information content (AvgIpc) is 2.30. The van der Waals surface area contributed by atoms with E-state index in [9.17, 15) is 4.79 Å². The molecular formula is C12H16Cl3N2O3+. The average molecular weight is 343 g/mol. The largest absolute Gasteiger partial charge is 0.465 e. The van der Waals surface area contributed by atoms with E-state index < -0.39 is 5.97 Å². The van der Waals surface area contributed by atoms with Gasteiger partial charge in [0.05, 0.1) is 26.2 Å². The third-order valence-electron chi connectivity index (χ3n) is 2.21. The van der Waals surface area contributed by atoms with Crippen LogP contribution in [0.3, 0.4) is 0 Å². The van der Waals surface area contributed by atoms with Gasteiger partial charge >= 0.3 is 5.97 Å². The molecule has 1 heterocycles. The molecule has 0 spiro atoms. The van der Waals surface area contributed by atoms with Crippen molar-refractivity contribution in [2.24, 2.45) is 0 Å². The topological polar surface area (TPSA) is 48.4 Å². The predicted octanol–water partition coefficient (Wildman–Crippen LogP) is 2.67. The summed E-state index contributed by atoms with van der Waals surface area (Å²) < 4.78 is 10.9. The Morgan fingerprint density at radius 3 is 2.50 bits per heavy atom. The van der Waals surface area contributed by atoms with Crippen LogP contribution in [0.4, 0.5) is 0 Å². The van der Waals surface area contributed by atoms with Gasteiger partial charge in [-0.25, -0.2) is 4.79 Å². The van der Waals surface area contributed by atoms with Crippen LogP contribution in [0.15, 0.2) is 6.07 Å². The van der Waals surface area contributed by atoms with Gasteiger partial charge in [-0.1, -0.05) is 34.8 Å². The minimum atomic E-state index is -0.498. The number of aromatic nitrogens is 1. The number of nitrogens with zero attached hydrogens (tertiary/aromatic N) is 2. The third-order valence-corrected chi connectivity index (χ3v) is 3.15. The molecule has 1 aromatic rings. The number of halogens is 3. The summed E-state index contributed by atoms with van der Waals surface area (Å²) in [5, 5.41) is 0.456. The monoisotopic (exact) mass is 341 g/mol. The van der Waals surface area contributed by atoms with E-state index in [2.05, 4.69) is 4.98 Å². The molecule has 112 valence electrons. The number of hydrogen-bond donors (Lipinski definition) is 0. The molecule has 0 unspecified atom stereocenters. The van der Waals surface area contributed by atoms with Gasteiger partial charge < -0.3 is 14.0 Å². The van der Waals surface area contributed by atoms with Crippen LogP contribution in [0.2, 0.25) is 15.2 Å². The highest BCUT2D eigenvalue weighted by atomic mass is 35.5. The van der Waals surface area contributed by atoms with Gasteiger partial charge in [-0.3, -0.25) is 0 Å². The first-order valence-corrected chi connectivity index (χ1v) is 6.93. The highest BCUT2D eigenvalue weighted by Crippen LogP contribution is 2.30. The van der Waals surface area contributed by atoms with Gasteiger partial charge in [-0.15, -0.1) is 0 Å². The maximum absolute atomic E-state index is 11.5. The van der Waals surface area contributed by atoms with Crippen molar-refractivity contribution in [2.75, 3.05) is 40.9 Å². The van der Waals surface area contributed by atoms with Gasteiger partial charge in [0.25, 0.3) is 0 Å². The lowest BCUT2D eigenvalue weighted by atomic mass is 10.5. The Hall–Kier alpha value is -0.750. The fourth-order valence-corrected chi connectivity index (χ4v) is 1.68. The zero-order valence-electron chi connectivity index (χ0n) is 11.5. The molecular weight excluding hydrogens is 327 g/mol. The van der Waals surface area contributed by atoms with E-state index in [1.54, 1.807) is 0 Å². The summed E-state index contributed by atoms with van der Waals surface area (Å²) in [5.74, 6) is -0.452. The second-order valence-corrected chi connectivity index (χ2v) is 6.24.